The molecule has 0 spiro atoms. The fraction of sp³-hybridized carbons (Fsp3) is 0.167. The van der Waals surface area contributed by atoms with Gasteiger partial charge in [-0.15, -0.1) is 0 Å². The van der Waals surface area contributed by atoms with E-state index in [9.17, 15) is 14.5 Å². The van der Waals surface area contributed by atoms with Gasteiger partial charge in [0, 0.05) is 11.6 Å². The average molecular weight is 235 g/mol. The second kappa shape index (κ2) is 3.57. The van der Waals surface area contributed by atoms with E-state index in [4.69, 9.17) is 0 Å². The van der Waals surface area contributed by atoms with Crippen molar-refractivity contribution in [3.63, 3.8) is 0 Å². The van der Waals surface area contributed by atoms with Gasteiger partial charge in [0.2, 0.25) is 0 Å². The first-order valence-corrected chi connectivity index (χ1v) is 3.79. The highest BCUT2D eigenvalue weighted by atomic mass is 79.9. The third kappa shape index (κ3) is 1.76. The van der Waals surface area contributed by atoms with Gasteiger partial charge in [-0.25, -0.2) is 9.37 Å². The number of hydrogen-bond donors (Lipinski definition) is 0. The summed E-state index contributed by atoms with van der Waals surface area (Å²) >= 11 is 2.97. The lowest BCUT2D eigenvalue weighted by atomic mass is 10.3. The maximum Gasteiger partial charge on any atom is 0.288 e. The zero-order valence-electron chi connectivity index (χ0n) is 5.83. The predicted molar refractivity (Wildman–Crippen MR) is 43.4 cm³/mol. The summed E-state index contributed by atoms with van der Waals surface area (Å²) in [6.07, 6.45) is 1.07. The highest BCUT2D eigenvalue weighted by molar-refractivity contribution is 9.10. The van der Waals surface area contributed by atoms with Crippen LogP contribution in [0, 0.1) is 10.1 Å². The van der Waals surface area contributed by atoms with E-state index in [1.165, 1.54) is 0 Å². The number of nitro groups is 1. The molecule has 0 aromatic carbocycles. The largest absolute Gasteiger partial charge is 0.288 e. The van der Waals surface area contributed by atoms with Gasteiger partial charge >= 0.3 is 0 Å². The Kier molecular flexibility index (Phi) is 2.69. The van der Waals surface area contributed by atoms with Crippen LogP contribution in [-0.2, 0) is 6.67 Å². The number of rotatable bonds is 2. The number of aromatic nitrogens is 1. The quantitative estimate of drug-likeness (QED) is 0.448. The third-order valence-corrected chi connectivity index (χ3v) is 1.97. The van der Waals surface area contributed by atoms with Crippen LogP contribution in [0.3, 0.4) is 0 Å². The Morgan fingerprint density at radius 2 is 2.42 bits per heavy atom. The van der Waals surface area contributed by atoms with Crippen LogP contribution < -0.4 is 0 Å². The molecule has 1 aromatic rings. The van der Waals surface area contributed by atoms with Crippen LogP contribution >= 0.6 is 15.9 Å². The van der Waals surface area contributed by atoms with E-state index in [2.05, 4.69) is 20.9 Å². The average Bonchev–Trinajstić information content (AvgIpc) is 2.05. The monoisotopic (exact) mass is 234 g/mol. The van der Waals surface area contributed by atoms with E-state index in [1.54, 1.807) is 0 Å². The Bertz CT molecular complexity index is 318. The molecule has 12 heavy (non-hydrogen) atoms. The Labute approximate surface area is 75.7 Å². The molecule has 0 radical (unpaired) electrons. The van der Waals surface area contributed by atoms with Gasteiger partial charge in [-0.2, -0.15) is 0 Å². The zero-order chi connectivity index (χ0) is 9.14. The van der Waals surface area contributed by atoms with E-state index >= 15 is 0 Å². The molecule has 0 saturated carbocycles. The lowest BCUT2D eigenvalue weighted by molar-refractivity contribution is -0.385. The first-order valence-electron chi connectivity index (χ1n) is 3.00. The number of alkyl halides is 1. The lowest BCUT2D eigenvalue weighted by Crippen LogP contribution is -1.92. The Morgan fingerprint density at radius 3 is 2.92 bits per heavy atom. The number of halogens is 2. The van der Waals surface area contributed by atoms with Crippen LogP contribution in [0.4, 0.5) is 10.1 Å². The molecule has 0 saturated heterocycles. The van der Waals surface area contributed by atoms with Gasteiger partial charge < -0.3 is 0 Å². The second-order valence-corrected chi connectivity index (χ2v) is 2.79. The second-order valence-electron chi connectivity index (χ2n) is 2.03. The smallest absolute Gasteiger partial charge is 0.258 e. The van der Waals surface area contributed by atoms with Crippen molar-refractivity contribution < 1.29 is 9.31 Å². The van der Waals surface area contributed by atoms with Gasteiger partial charge in [-0.05, 0) is 15.9 Å². The zero-order valence-corrected chi connectivity index (χ0v) is 7.41. The standard InChI is InChI=1S/C6H4BrFN2O2/c7-6-4(2-8)1-5(3-9-6)10(11)12/h1,3H,2H2. The molecule has 0 atom stereocenters. The maximum absolute atomic E-state index is 12.1. The van der Waals surface area contributed by atoms with Crippen LogP contribution in [-0.4, -0.2) is 9.91 Å². The van der Waals surface area contributed by atoms with Crippen molar-refractivity contribution in [2.45, 2.75) is 6.67 Å². The third-order valence-electron chi connectivity index (χ3n) is 1.25. The molecular formula is C6H4BrFN2O2. The summed E-state index contributed by atoms with van der Waals surface area (Å²) < 4.78 is 12.4. The molecule has 1 aromatic heterocycles. The van der Waals surface area contributed by atoms with Gasteiger partial charge in [0.1, 0.15) is 17.5 Å². The molecule has 1 heterocycles. The minimum absolute atomic E-state index is 0.184. The minimum atomic E-state index is -0.769. The van der Waals surface area contributed by atoms with E-state index in [-0.39, 0.29) is 11.3 Å². The first-order chi connectivity index (χ1) is 5.65. The van der Waals surface area contributed by atoms with Crippen molar-refractivity contribution in [3.8, 4) is 0 Å². The molecular weight excluding hydrogens is 231 g/mol. The normalized spacial score (nSPS) is 9.83. The Balaban J connectivity index is 3.13. The molecule has 0 aliphatic heterocycles. The molecule has 6 heteroatoms. The summed E-state index contributed by atoms with van der Waals surface area (Å²) in [5, 5.41) is 10.2. The van der Waals surface area contributed by atoms with Crippen LogP contribution in [0.5, 0.6) is 0 Å². The van der Waals surface area contributed by atoms with Crippen molar-refractivity contribution in [1.29, 1.82) is 0 Å². The highest BCUT2D eigenvalue weighted by Crippen LogP contribution is 2.19. The van der Waals surface area contributed by atoms with Gasteiger partial charge in [-0.3, -0.25) is 10.1 Å². The van der Waals surface area contributed by atoms with Gasteiger partial charge in [0.25, 0.3) is 5.69 Å². The van der Waals surface area contributed by atoms with Crippen molar-refractivity contribution >= 4 is 21.6 Å². The molecule has 1 rings (SSSR count). The Morgan fingerprint density at radius 1 is 1.75 bits per heavy atom. The fourth-order valence-electron chi connectivity index (χ4n) is 0.675. The number of pyridine rings is 1. The minimum Gasteiger partial charge on any atom is -0.258 e. The van der Waals surface area contributed by atoms with Crippen molar-refractivity contribution in [2.75, 3.05) is 0 Å². The van der Waals surface area contributed by atoms with Crippen molar-refractivity contribution in [3.05, 3.63) is 32.5 Å². The van der Waals surface area contributed by atoms with Crippen LogP contribution in [0.15, 0.2) is 16.9 Å². The Hall–Kier alpha value is -1.04. The number of hydrogen-bond acceptors (Lipinski definition) is 3. The molecule has 0 fully saturated rings. The molecule has 0 aliphatic carbocycles. The van der Waals surface area contributed by atoms with E-state index in [1.807, 2.05) is 0 Å². The van der Waals surface area contributed by atoms with E-state index in [0.29, 0.717) is 4.60 Å². The molecule has 0 unspecified atom stereocenters. The summed E-state index contributed by atoms with van der Waals surface area (Å²) in [4.78, 5) is 13.2. The first kappa shape index (κ1) is 9.05. The summed E-state index contributed by atoms with van der Waals surface area (Å²) in [6, 6.07) is 1.15. The van der Waals surface area contributed by atoms with Gasteiger partial charge in [0.15, 0.2) is 0 Å². The molecule has 0 aliphatic rings. The summed E-state index contributed by atoms with van der Waals surface area (Å²) in [5.74, 6) is 0. The molecule has 4 nitrogen and oxygen atoms in total. The van der Waals surface area contributed by atoms with Crippen LogP contribution in [0.2, 0.25) is 0 Å². The summed E-state index contributed by atoms with van der Waals surface area (Å²) in [5.41, 5.74) is -0.0185. The highest BCUT2D eigenvalue weighted by Gasteiger charge is 2.09. The van der Waals surface area contributed by atoms with E-state index in [0.717, 1.165) is 12.3 Å². The van der Waals surface area contributed by atoms with Gasteiger partial charge in [-0.1, -0.05) is 0 Å². The van der Waals surface area contributed by atoms with Crippen molar-refractivity contribution in [1.82, 2.24) is 4.98 Å². The topological polar surface area (TPSA) is 56.0 Å². The molecule has 0 amide bonds. The molecule has 64 valence electrons. The number of nitrogens with zero attached hydrogens (tertiary/aromatic N) is 2. The summed E-state index contributed by atoms with van der Waals surface area (Å²) in [6.45, 7) is -0.769. The van der Waals surface area contributed by atoms with Crippen LogP contribution in [0.25, 0.3) is 0 Å². The lowest BCUT2D eigenvalue weighted by Gasteiger charge is -1.96. The predicted octanol–water partition coefficient (Wildman–Crippen LogP) is 2.22. The van der Waals surface area contributed by atoms with E-state index < -0.39 is 11.6 Å². The van der Waals surface area contributed by atoms with Crippen molar-refractivity contribution in [2.24, 2.45) is 0 Å². The maximum atomic E-state index is 12.1. The fourth-order valence-corrected chi connectivity index (χ4v) is 0.997. The van der Waals surface area contributed by atoms with Gasteiger partial charge in [0.05, 0.1) is 4.92 Å². The SMILES string of the molecule is O=[N+]([O-])c1cnc(Br)c(CF)c1. The summed E-state index contributed by atoms with van der Waals surface area (Å²) in [7, 11) is 0. The molecule has 0 bridgehead atoms. The molecule has 0 N–H and O–H groups in total. The van der Waals surface area contributed by atoms with Crippen LogP contribution in [0.1, 0.15) is 5.56 Å².